The van der Waals surface area contributed by atoms with Gasteiger partial charge in [-0.25, -0.2) is 0 Å². The topological polar surface area (TPSA) is 35.2 Å². The summed E-state index contributed by atoms with van der Waals surface area (Å²) in [7, 11) is 0. The van der Waals surface area contributed by atoms with Gasteiger partial charge in [0.15, 0.2) is 6.10 Å². The normalized spacial score (nSPS) is 13.5. The van der Waals surface area contributed by atoms with Crippen LogP contribution < -0.4 is 10.5 Å². The zero-order valence-electron chi connectivity index (χ0n) is 9.22. The van der Waals surface area contributed by atoms with E-state index in [0.29, 0.717) is 4.47 Å². The first-order valence-electron chi connectivity index (χ1n) is 5.04. The van der Waals surface area contributed by atoms with Crippen molar-refractivity contribution in [3.8, 4) is 5.75 Å². The Morgan fingerprint density at radius 2 is 2.06 bits per heavy atom. The minimum absolute atomic E-state index is 0.0757. The number of ether oxygens (including phenoxy) is 1. The number of halogens is 4. The van der Waals surface area contributed by atoms with Crippen molar-refractivity contribution >= 4 is 15.9 Å². The van der Waals surface area contributed by atoms with Crippen LogP contribution in [-0.4, -0.2) is 18.8 Å². The van der Waals surface area contributed by atoms with Crippen LogP contribution in [0.5, 0.6) is 5.75 Å². The molecular weight excluding hydrogens is 299 g/mol. The highest BCUT2D eigenvalue weighted by atomic mass is 79.9. The molecule has 0 heterocycles. The third-order valence-corrected chi connectivity index (χ3v) is 2.77. The van der Waals surface area contributed by atoms with Crippen LogP contribution in [0.4, 0.5) is 13.2 Å². The number of benzene rings is 1. The first kappa shape index (κ1) is 14.3. The van der Waals surface area contributed by atoms with Crippen LogP contribution >= 0.6 is 15.9 Å². The number of alkyl halides is 3. The summed E-state index contributed by atoms with van der Waals surface area (Å²) in [5, 5.41) is 0. The molecule has 1 unspecified atom stereocenters. The fraction of sp³-hybridized carbons (Fsp3) is 0.455. The Kier molecular flexibility index (Phi) is 4.82. The van der Waals surface area contributed by atoms with Crippen LogP contribution in [0.15, 0.2) is 22.7 Å². The molecule has 2 nitrogen and oxygen atoms in total. The van der Waals surface area contributed by atoms with Crippen molar-refractivity contribution in [2.75, 3.05) is 6.54 Å². The summed E-state index contributed by atoms with van der Waals surface area (Å²) in [5.41, 5.74) is 6.09. The quantitative estimate of drug-likeness (QED) is 0.924. The smallest absolute Gasteiger partial charge is 0.425 e. The van der Waals surface area contributed by atoms with Crippen molar-refractivity contribution in [2.45, 2.75) is 25.6 Å². The van der Waals surface area contributed by atoms with E-state index in [1.165, 1.54) is 6.07 Å². The van der Waals surface area contributed by atoms with E-state index in [2.05, 4.69) is 15.9 Å². The summed E-state index contributed by atoms with van der Waals surface area (Å²) < 4.78 is 43.3. The number of rotatable bonds is 4. The molecule has 0 amide bonds. The first-order valence-corrected chi connectivity index (χ1v) is 5.83. The van der Waals surface area contributed by atoms with Crippen molar-refractivity contribution in [1.82, 2.24) is 0 Å². The highest BCUT2D eigenvalue weighted by Crippen LogP contribution is 2.31. The highest BCUT2D eigenvalue weighted by Gasteiger charge is 2.41. The second kappa shape index (κ2) is 5.73. The van der Waals surface area contributed by atoms with Gasteiger partial charge in [0.1, 0.15) is 5.75 Å². The van der Waals surface area contributed by atoms with Crippen LogP contribution in [0.2, 0.25) is 0 Å². The summed E-state index contributed by atoms with van der Waals surface area (Å²) in [6.07, 6.45) is -6.54. The molecule has 6 heteroatoms. The maximum atomic E-state index is 12.6. The first-order chi connectivity index (χ1) is 7.84. The molecule has 1 aromatic rings. The minimum Gasteiger partial charge on any atom is -0.480 e. The van der Waals surface area contributed by atoms with Gasteiger partial charge in [0.2, 0.25) is 0 Å². The Morgan fingerprint density at radius 3 is 2.53 bits per heavy atom. The second-order valence-corrected chi connectivity index (χ2v) is 4.51. The van der Waals surface area contributed by atoms with E-state index in [1.54, 1.807) is 12.1 Å². The molecule has 0 spiro atoms. The van der Waals surface area contributed by atoms with Gasteiger partial charge in [-0.1, -0.05) is 6.07 Å². The second-order valence-electron chi connectivity index (χ2n) is 3.66. The van der Waals surface area contributed by atoms with Crippen molar-refractivity contribution in [3.63, 3.8) is 0 Å². The third kappa shape index (κ3) is 4.20. The molecule has 0 aliphatic rings. The van der Waals surface area contributed by atoms with Gasteiger partial charge in [-0.15, -0.1) is 0 Å². The molecule has 0 radical (unpaired) electrons. The molecule has 17 heavy (non-hydrogen) atoms. The van der Waals surface area contributed by atoms with E-state index in [1.807, 2.05) is 6.92 Å². The summed E-state index contributed by atoms with van der Waals surface area (Å²) in [5.74, 6) is 0.173. The Balaban J connectivity index is 2.86. The molecule has 1 atom stereocenters. The van der Waals surface area contributed by atoms with Gasteiger partial charge in [-0.3, -0.25) is 0 Å². The number of aryl methyl sites for hydroxylation is 1. The lowest BCUT2D eigenvalue weighted by molar-refractivity contribution is -0.196. The van der Waals surface area contributed by atoms with E-state index in [9.17, 15) is 13.2 Å². The highest BCUT2D eigenvalue weighted by molar-refractivity contribution is 9.10. The predicted octanol–water partition coefficient (Wildman–Crippen LogP) is 3.42. The molecule has 1 aromatic carbocycles. The molecular formula is C11H13BrF3NO. The van der Waals surface area contributed by atoms with Gasteiger partial charge < -0.3 is 10.5 Å². The van der Waals surface area contributed by atoms with Crippen LogP contribution in [0.3, 0.4) is 0 Å². The molecule has 0 saturated carbocycles. The Morgan fingerprint density at radius 1 is 1.41 bits per heavy atom. The van der Waals surface area contributed by atoms with Crippen molar-refractivity contribution < 1.29 is 17.9 Å². The van der Waals surface area contributed by atoms with Gasteiger partial charge in [0.05, 0.1) is 4.47 Å². The van der Waals surface area contributed by atoms with Crippen LogP contribution in [0, 0.1) is 6.92 Å². The number of hydrogen-bond donors (Lipinski definition) is 1. The fourth-order valence-corrected chi connectivity index (χ4v) is 1.88. The third-order valence-electron chi connectivity index (χ3n) is 2.15. The van der Waals surface area contributed by atoms with Crippen molar-refractivity contribution in [3.05, 3.63) is 28.2 Å². The maximum absolute atomic E-state index is 12.6. The average Bonchev–Trinajstić information content (AvgIpc) is 2.19. The zero-order chi connectivity index (χ0) is 13.1. The summed E-state index contributed by atoms with van der Waals surface area (Å²) >= 11 is 3.17. The molecule has 0 fully saturated rings. The lowest BCUT2D eigenvalue weighted by Gasteiger charge is -2.22. The maximum Gasteiger partial charge on any atom is 0.425 e. The molecule has 0 saturated heterocycles. The summed E-state index contributed by atoms with van der Waals surface area (Å²) in [4.78, 5) is 0. The molecule has 0 aliphatic heterocycles. The predicted molar refractivity (Wildman–Crippen MR) is 63.0 cm³/mol. The lowest BCUT2D eigenvalue weighted by atomic mass is 10.2. The van der Waals surface area contributed by atoms with E-state index in [-0.39, 0.29) is 18.7 Å². The number of nitrogens with two attached hydrogens (primary N) is 1. The van der Waals surface area contributed by atoms with Crippen LogP contribution in [0.25, 0.3) is 0 Å². The van der Waals surface area contributed by atoms with E-state index in [4.69, 9.17) is 10.5 Å². The largest absolute Gasteiger partial charge is 0.480 e. The van der Waals surface area contributed by atoms with Crippen LogP contribution in [-0.2, 0) is 0 Å². The SMILES string of the molecule is Cc1ccc(OC(CCN)C(F)(F)F)c(Br)c1. The molecule has 1 rings (SSSR count). The monoisotopic (exact) mass is 311 g/mol. The molecule has 96 valence electrons. The molecule has 0 aromatic heterocycles. The van der Waals surface area contributed by atoms with E-state index < -0.39 is 12.3 Å². The molecule has 0 bridgehead atoms. The number of hydrogen-bond acceptors (Lipinski definition) is 2. The van der Waals surface area contributed by atoms with Crippen LogP contribution in [0.1, 0.15) is 12.0 Å². The Labute approximate surface area is 106 Å². The zero-order valence-corrected chi connectivity index (χ0v) is 10.8. The van der Waals surface area contributed by atoms with Crippen molar-refractivity contribution in [2.24, 2.45) is 5.73 Å². The average molecular weight is 312 g/mol. The van der Waals surface area contributed by atoms with E-state index in [0.717, 1.165) is 5.56 Å². The van der Waals surface area contributed by atoms with Gasteiger partial charge in [-0.05, 0) is 47.1 Å². The summed E-state index contributed by atoms with van der Waals surface area (Å²) in [6.45, 7) is 1.77. The Bertz CT molecular complexity index is 381. The molecule has 0 aliphatic carbocycles. The van der Waals surface area contributed by atoms with Gasteiger partial charge >= 0.3 is 6.18 Å². The molecule has 2 N–H and O–H groups in total. The van der Waals surface area contributed by atoms with Gasteiger partial charge in [0.25, 0.3) is 0 Å². The summed E-state index contributed by atoms with van der Waals surface area (Å²) in [6, 6.07) is 4.90. The van der Waals surface area contributed by atoms with E-state index >= 15 is 0 Å². The van der Waals surface area contributed by atoms with Gasteiger partial charge in [0, 0.05) is 6.42 Å². The fourth-order valence-electron chi connectivity index (χ4n) is 1.30. The van der Waals surface area contributed by atoms with Crippen molar-refractivity contribution in [1.29, 1.82) is 0 Å². The lowest BCUT2D eigenvalue weighted by Crippen LogP contribution is -2.36. The minimum atomic E-state index is -4.41. The van der Waals surface area contributed by atoms with Gasteiger partial charge in [-0.2, -0.15) is 13.2 Å². The standard InChI is InChI=1S/C11H13BrF3NO/c1-7-2-3-9(8(12)6-7)17-10(4-5-16)11(13,14)15/h2-3,6,10H,4-5,16H2,1H3. The Hall–Kier alpha value is -0.750.